The Morgan fingerprint density at radius 3 is 2.38 bits per heavy atom. The number of hydrogen-bond donors (Lipinski definition) is 3. The van der Waals surface area contributed by atoms with E-state index < -0.39 is 11.2 Å². The van der Waals surface area contributed by atoms with E-state index in [1.807, 2.05) is 0 Å². The standard InChI is InChI=1S/C19H32N2O3/c22-17(15-10-19(24,11-15)18(23)7-3-8-18)20-16-6-9-21(13-16)12-14-4-1-2-5-14/h14-16,23-24H,1-13H2,(H,20,22). The van der Waals surface area contributed by atoms with Gasteiger partial charge in [0.25, 0.3) is 0 Å². The van der Waals surface area contributed by atoms with Gasteiger partial charge >= 0.3 is 0 Å². The number of aliphatic hydroxyl groups is 2. The molecule has 3 saturated carbocycles. The van der Waals surface area contributed by atoms with Crippen LogP contribution in [0.4, 0.5) is 0 Å². The highest BCUT2D eigenvalue weighted by Gasteiger charge is 2.60. The van der Waals surface area contributed by atoms with Crippen molar-refractivity contribution < 1.29 is 15.0 Å². The average Bonchev–Trinajstić information content (AvgIpc) is 3.14. The smallest absolute Gasteiger partial charge is 0.223 e. The van der Waals surface area contributed by atoms with Crippen LogP contribution in [0.25, 0.3) is 0 Å². The van der Waals surface area contributed by atoms with Crippen LogP contribution in [0.1, 0.15) is 64.2 Å². The molecule has 1 heterocycles. The molecule has 1 unspecified atom stereocenters. The molecule has 0 spiro atoms. The molecule has 1 atom stereocenters. The summed E-state index contributed by atoms with van der Waals surface area (Å²) in [6.45, 7) is 3.27. The normalized spacial score (nSPS) is 39.4. The lowest BCUT2D eigenvalue weighted by Crippen LogP contribution is -2.66. The van der Waals surface area contributed by atoms with Crippen LogP contribution in [0.3, 0.4) is 0 Å². The molecule has 3 aliphatic carbocycles. The molecule has 0 bridgehead atoms. The summed E-state index contributed by atoms with van der Waals surface area (Å²) in [4.78, 5) is 14.9. The molecule has 0 radical (unpaired) electrons. The second kappa shape index (κ2) is 6.26. The average molecular weight is 336 g/mol. The maximum Gasteiger partial charge on any atom is 0.223 e. The van der Waals surface area contributed by atoms with E-state index in [0.717, 1.165) is 31.8 Å². The molecule has 24 heavy (non-hydrogen) atoms. The number of carbonyl (C=O) groups is 1. The lowest BCUT2D eigenvalue weighted by Gasteiger charge is -2.56. The Kier molecular flexibility index (Phi) is 4.38. The van der Waals surface area contributed by atoms with Gasteiger partial charge in [-0.2, -0.15) is 0 Å². The molecule has 1 aliphatic heterocycles. The van der Waals surface area contributed by atoms with E-state index in [1.54, 1.807) is 0 Å². The highest BCUT2D eigenvalue weighted by Crippen LogP contribution is 2.53. The SMILES string of the molecule is O=C(NC1CCN(CC2CCCC2)C1)C1CC(O)(C2(O)CCC2)C1. The zero-order valence-corrected chi connectivity index (χ0v) is 14.7. The Hall–Kier alpha value is -0.650. The first-order chi connectivity index (χ1) is 11.5. The molecule has 0 aromatic heterocycles. The summed E-state index contributed by atoms with van der Waals surface area (Å²) in [5, 5.41) is 24.1. The zero-order chi connectivity index (χ0) is 16.8. The third-order valence-corrected chi connectivity index (χ3v) is 7.20. The molecule has 0 aromatic carbocycles. The fourth-order valence-corrected chi connectivity index (χ4v) is 5.29. The predicted octanol–water partition coefficient (Wildman–Crippen LogP) is 1.42. The Labute approximate surface area is 144 Å². The topological polar surface area (TPSA) is 72.8 Å². The first kappa shape index (κ1) is 16.8. The van der Waals surface area contributed by atoms with Crippen LogP contribution in [-0.4, -0.2) is 57.9 Å². The minimum absolute atomic E-state index is 0.0790. The van der Waals surface area contributed by atoms with Crippen LogP contribution in [0.15, 0.2) is 0 Å². The van der Waals surface area contributed by atoms with Crippen LogP contribution in [0.2, 0.25) is 0 Å². The maximum atomic E-state index is 12.4. The van der Waals surface area contributed by atoms with Crippen LogP contribution < -0.4 is 5.32 Å². The summed E-state index contributed by atoms with van der Waals surface area (Å²) >= 11 is 0. The lowest BCUT2D eigenvalue weighted by molar-refractivity contribution is -0.239. The fourth-order valence-electron chi connectivity index (χ4n) is 5.29. The Bertz CT molecular complexity index is 479. The van der Waals surface area contributed by atoms with Gasteiger partial charge < -0.3 is 20.4 Å². The molecule has 136 valence electrons. The lowest BCUT2D eigenvalue weighted by atomic mass is 9.56. The minimum atomic E-state index is -1.02. The van der Waals surface area contributed by atoms with Crippen LogP contribution >= 0.6 is 0 Å². The van der Waals surface area contributed by atoms with E-state index in [4.69, 9.17) is 0 Å². The van der Waals surface area contributed by atoms with E-state index in [1.165, 1.54) is 32.2 Å². The Balaban J connectivity index is 1.20. The van der Waals surface area contributed by atoms with Crippen molar-refractivity contribution in [3.05, 3.63) is 0 Å². The molecule has 0 aromatic rings. The van der Waals surface area contributed by atoms with Gasteiger partial charge in [0.05, 0.1) is 11.2 Å². The summed E-state index contributed by atoms with van der Waals surface area (Å²) in [6.07, 6.45) is 9.74. The molecule has 4 fully saturated rings. The van der Waals surface area contributed by atoms with Gasteiger partial charge in [-0.15, -0.1) is 0 Å². The molecule has 5 heteroatoms. The van der Waals surface area contributed by atoms with Crippen molar-refractivity contribution in [3.63, 3.8) is 0 Å². The van der Waals surface area contributed by atoms with E-state index in [2.05, 4.69) is 10.2 Å². The first-order valence-corrected chi connectivity index (χ1v) is 9.95. The zero-order valence-electron chi connectivity index (χ0n) is 14.7. The van der Waals surface area contributed by atoms with Crippen molar-refractivity contribution in [2.24, 2.45) is 11.8 Å². The number of amides is 1. The quantitative estimate of drug-likeness (QED) is 0.710. The van der Waals surface area contributed by atoms with E-state index in [0.29, 0.717) is 25.7 Å². The predicted molar refractivity (Wildman–Crippen MR) is 91.4 cm³/mol. The van der Waals surface area contributed by atoms with E-state index >= 15 is 0 Å². The summed E-state index contributed by atoms with van der Waals surface area (Å²) < 4.78 is 0. The van der Waals surface area contributed by atoms with Crippen molar-refractivity contribution in [3.8, 4) is 0 Å². The summed E-state index contributed by atoms with van der Waals surface area (Å²) in [7, 11) is 0. The molecule has 4 rings (SSSR count). The van der Waals surface area contributed by atoms with Gasteiger partial charge in [-0.05, 0) is 57.3 Å². The van der Waals surface area contributed by atoms with Crippen molar-refractivity contribution in [2.75, 3.05) is 19.6 Å². The second-order valence-corrected chi connectivity index (χ2v) is 8.93. The number of nitrogens with zero attached hydrogens (tertiary/aromatic N) is 1. The van der Waals surface area contributed by atoms with Crippen molar-refractivity contribution in [1.82, 2.24) is 10.2 Å². The van der Waals surface area contributed by atoms with Crippen LogP contribution in [0.5, 0.6) is 0 Å². The Morgan fingerprint density at radius 1 is 1.04 bits per heavy atom. The number of nitrogens with one attached hydrogen (secondary N) is 1. The van der Waals surface area contributed by atoms with Crippen LogP contribution in [-0.2, 0) is 4.79 Å². The monoisotopic (exact) mass is 336 g/mol. The molecule has 5 nitrogen and oxygen atoms in total. The third-order valence-electron chi connectivity index (χ3n) is 7.20. The molecule has 1 amide bonds. The van der Waals surface area contributed by atoms with Crippen molar-refractivity contribution in [2.45, 2.75) is 81.5 Å². The largest absolute Gasteiger partial charge is 0.387 e. The molecule has 1 saturated heterocycles. The van der Waals surface area contributed by atoms with Crippen molar-refractivity contribution in [1.29, 1.82) is 0 Å². The molecule has 4 aliphatic rings. The van der Waals surface area contributed by atoms with Crippen LogP contribution in [0, 0.1) is 11.8 Å². The van der Waals surface area contributed by atoms with E-state index in [9.17, 15) is 15.0 Å². The maximum absolute atomic E-state index is 12.4. The van der Waals surface area contributed by atoms with Gasteiger partial charge in [0.2, 0.25) is 5.91 Å². The van der Waals surface area contributed by atoms with Gasteiger partial charge in [-0.3, -0.25) is 4.79 Å². The second-order valence-electron chi connectivity index (χ2n) is 8.93. The van der Waals surface area contributed by atoms with Gasteiger partial charge in [-0.25, -0.2) is 0 Å². The van der Waals surface area contributed by atoms with Gasteiger partial charge in [-0.1, -0.05) is 12.8 Å². The fraction of sp³-hybridized carbons (Fsp3) is 0.947. The number of likely N-dealkylation sites (tertiary alicyclic amines) is 1. The number of carbonyl (C=O) groups excluding carboxylic acids is 1. The number of hydrogen-bond acceptors (Lipinski definition) is 4. The number of rotatable bonds is 5. The molecular weight excluding hydrogens is 304 g/mol. The minimum Gasteiger partial charge on any atom is -0.387 e. The highest BCUT2D eigenvalue weighted by atomic mass is 16.4. The highest BCUT2D eigenvalue weighted by molar-refractivity contribution is 5.80. The van der Waals surface area contributed by atoms with Gasteiger partial charge in [0.15, 0.2) is 0 Å². The van der Waals surface area contributed by atoms with Gasteiger partial charge in [0.1, 0.15) is 0 Å². The summed E-state index contributed by atoms with van der Waals surface area (Å²) in [5.74, 6) is 0.822. The third kappa shape index (κ3) is 2.99. The molecular formula is C19H32N2O3. The van der Waals surface area contributed by atoms with Gasteiger partial charge in [0, 0.05) is 31.6 Å². The van der Waals surface area contributed by atoms with Crippen molar-refractivity contribution >= 4 is 5.91 Å². The molecule has 3 N–H and O–H groups in total. The first-order valence-electron chi connectivity index (χ1n) is 9.95. The summed E-state index contributed by atoms with van der Waals surface area (Å²) in [5.41, 5.74) is -1.94. The Morgan fingerprint density at radius 2 is 1.75 bits per heavy atom. The summed E-state index contributed by atoms with van der Waals surface area (Å²) in [6, 6.07) is 0.263. The van der Waals surface area contributed by atoms with E-state index in [-0.39, 0.29) is 17.9 Å².